The fourth-order valence-electron chi connectivity index (χ4n) is 4.06. The fraction of sp³-hybridized carbons (Fsp3) is 0.192. The van der Waals surface area contributed by atoms with Crippen molar-refractivity contribution in [2.24, 2.45) is 0 Å². The molecule has 4 aromatic rings. The van der Waals surface area contributed by atoms with E-state index >= 15 is 0 Å². The van der Waals surface area contributed by atoms with Crippen molar-refractivity contribution >= 4 is 51.9 Å². The van der Waals surface area contributed by atoms with Gasteiger partial charge in [0.15, 0.2) is 0 Å². The first-order valence-electron chi connectivity index (χ1n) is 11.2. The summed E-state index contributed by atoms with van der Waals surface area (Å²) in [6.07, 6.45) is 3.83. The van der Waals surface area contributed by atoms with Crippen LogP contribution in [0.5, 0.6) is 0 Å². The number of para-hydroxylation sites is 1. The van der Waals surface area contributed by atoms with Crippen LogP contribution < -0.4 is 10.6 Å². The number of aryl methyl sites for hydroxylation is 1. The topological polar surface area (TPSA) is 90.1 Å². The summed E-state index contributed by atoms with van der Waals surface area (Å²) in [7, 11) is 0. The number of hydrogen-bond donors (Lipinski definition) is 3. The van der Waals surface area contributed by atoms with Gasteiger partial charge in [-0.3, -0.25) is 14.7 Å². The number of benzene rings is 2. The molecule has 0 bridgehead atoms. The molecule has 3 N–H and O–H groups in total. The average Bonchev–Trinajstić information content (AvgIpc) is 3.49. The zero-order valence-corrected chi connectivity index (χ0v) is 19.6. The van der Waals surface area contributed by atoms with E-state index in [1.807, 2.05) is 71.8 Å². The van der Waals surface area contributed by atoms with Crippen molar-refractivity contribution in [2.75, 3.05) is 31.5 Å². The molecule has 2 amide bonds. The molecule has 8 heteroatoms. The third-order valence-corrected chi connectivity index (χ3v) is 6.96. The van der Waals surface area contributed by atoms with Gasteiger partial charge in [0.2, 0.25) is 0 Å². The van der Waals surface area contributed by atoms with Crippen LogP contribution in [0.2, 0.25) is 0 Å². The molecule has 1 fully saturated rings. The van der Waals surface area contributed by atoms with Crippen LogP contribution in [0.1, 0.15) is 36.9 Å². The Hall–Kier alpha value is -3.75. The molecular weight excluding hydrogens is 446 g/mol. The summed E-state index contributed by atoms with van der Waals surface area (Å²) >= 11 is 1.40. The van der Waals surface area contributed by atoms with Crippen LogP contribution >= 0.6 is 11.3 Å². The number of nitrogens with zero attached hydrogens (tertiary/aromatic N) is 2. The highest BCUT2D eigenvalue weighted by Gasteiger charge is 2.20. The Morgan fingerprint density at radius 2 is 1.91 bits per heavy atom. The number of fused-ring (bicyclic) bond motifs is 1. The summed E-state index contributed by atoms with van der Waals surface area (Å²) in [5, 5.41) is 16.6. The van der Waals surface area contributed by atoms with Crippen molar-refractivity contribution in [1.82, 2.24) is 20.4 Å². The van der Waals surface area contributed by atoms with Crippen LogP contribution in [0.25, 0.3) is 23.1 Å². The van der Waals surface area contributed by atoms with E-state index in [1.54, 1.807) is 6.07 Å². The predicted molar refractivity (Wildman–Crippen MR) is 137 cm³/mol. The molecule has 0 saturated carbocycles. The zero-order chi connectivity index (χ0) is 23.5. The second kappa shape index (κ2) is 9.62. The number of amides is 2. The van der Waals surface area contributed by atoms with E-state index in [1.165, 1.54) is 11.3 Å². The van der Waals surface area contributed by atoms with E-state index in [2.05, 4.69) is 20.8 Å². The maximum absolute atomic E-state index is 13.1. The van der Waals surface area contributed by atoms with Gasteiger partial charge in [0.1, 0.15) is 0 Å². The number of aromatic nitrogens is 2. The Balaban J connectivity index is 1.48. The normalized spacial score (nSPS) is 14.1. The van der Waals surface area contributed by atoms with Crippen LogP contribution in [0.15, 0.2) is 53.9 Å². The molecule has 0 radical (unpaired) electrons. The minimum absolute atomic E-state index is 0.0295. The first-order valence-corrected chi connectivity index (χ1v) is 12.1. The minimum atomic E-state index is -0.181. The summed E-state index contributed by atoms with van der Waals surface area (Å²) < 4.78 is 0. The van der Waals surface area contributed by atoms with Gasteiger partial charge in [-0.1, -0.05) is 30.3 Å². The lowest BCUT2D eigenvalue weighted by molar-refractivity contribution is 0.0735. The second-order valence-electron chi connectivity index (χ2n) is 8.22. The van der Waals surface area contributed by atoms with Crippen molar-refractivity contribution in [2.45, 2.75) is 6.92 Å². The number of nitrogens with one attached hydrogen (secondary N) is 3. The van der Waals surface area contributed by atoms with E-state index in [9.17, 15) is 9.59 Å². The second-order valence-corrected chi connectivity index (χ2v) is 9.13. The lowest BCUT2D eigenvalue weighted by atomic mass is 10.1. The molecule has 0 aliphatic carbocycles. The number of thiophene rings is 1. The van der Waals surface area contributed by atoms with Crippen LogP contribution in [0, 0.1) is 6.92 Å². The van der Waals surface area contributed by atoms with Gasteiger partial charge in [0.05, 0.1) is 16.1 Å². The minimum Gasteiger partial charge on any atom is -0.336 e. The van der Waals surface area contributed by atoms with E-state index in [0.29, 0.717) is 29.2 Å². The number of aromatic amines is 1. The molecule has 2 aromatic carbocycles. The summed E-state index contributed by atoms with van der Waals surface area (Å²) in [5.74, 6) is -0.211. The average molecular weight is 472 g/mol. The van der Waals surface area contributed by atoms with Gasteiger partial charge in [-0.05, 0) is 53.8 Å². The SMILES string of the molecule is Cc1ccsc1C(=O)Nc1cc(C(=O)N2CCNCC2)ccc1C=Cc1n[nH]c2ccccc12. The van der Waals surface area contributed by atoms with Crippen molar-refractivity contribution < 1.29 is 9.59 Å². The fourth-order valence-corrected chi connectivity index (χ4v) is 4.88. The molecule has 34 heavy (non-hydrogen) atoms. The smallest absolute Gasteiger partial charge is 0.266 e. The highest BCUT2D eigenvalue weighted by Crippen LogP contribution is 2.25. The van der Waals surface area contributed by atoms with E-state index in [-0.39, 0.29) is 11.8 Å². The molecule has 0 spiro atoms. The lowest BCUT2D eigenvalue weighted by Gasteiger charge is -2.27. The van der Waals surface area contributed by atoms with E-state index < -0.39 is 0 Å². The molecular formula is C26H25N5O2S. The van der Waals surface area contributed by atoms with E-state index in [4.69, 9.17) is 0 Å². The lowest BCUT2D eigenvalue weighted by Crippen LogP contribution is -2.46. The molecule has 172 valence electrons. The van der Waals surface area contributed by atoms with Crippen molar-refractivity contribution in [3.05, 3.63) is 81.2 Å². The molecule has 1 saturated heterocycles. The summed E-state index contributed by atoms with van der Waals surface area (Å²) in [4.78, 5) is 28.6. The summed E-state index contributed by atoms with van der Waals surface area (Å²) in [5.41, 5.74) is 4.64. The monoisotopic (exact) mass is 471 g/mol. The maximum Gasteiger partial charge on any atom is 0.266 e. The number of rotatable bonds is 5. The van der Waals surface area contributed by atoms with Gasteiger partial charge in [-0.25, -0.2) is 0 Å². The molecule has 2 aromatic heterocycles. The van der Waals surface area contributed by atoms with Crippen LogP contribution in [-0.2, 0) is 0 Å². The van der Waals surface area contributed by atoms with Gasteiger partial charge < -0.3 is 15.5 Å². The number of carbonyl (C=O) groups is 2. The predicted octanol–water partition coefficient (Wildman–Crippen LogP) is 4.40. The van der Waals surface area contributed by atoms with Crippen LogP contribution in [-0.4, -0.2) is 53.1 Å². The number of anilines is 1. The third kappa shape index (κ3) is 4.50. The Labute approximate surface area is 201 Å². The number of carbonyl (C=O) groups excluding carboxylic acids is 2. The molecule has 0 atom stereocenters. The molecule has 0 unspecified atom stereocenters. The quantitative estimate of drug-likeness (QED) is 0.402. The highest BCUT2D eigenvalue weighted by atomic mass is 32.1. The molecule has 7 nitrogen and oxygen atoms in total. The summed E-state index contributed by atoms with van der Waals surface area (Å²) in [6, 6.07) is 15.3. The zero-order valence-electron chi connectivity index (χ0n) is 18.8. The molecule has 5 rings (SSSR count). The first kappa shape index (κ1) is 22.1. The first-order chi connectivity index (χ1) is 16.6. The van der Waals surface area contributed by atoms with Crippen molar-refractivity contribution in [1.29, 1.82) is 0 Å². The third-order valence-electron chi connectivity index (χ3n) is 5.94. The number of hydrogen-bond acceptors (Lipinski definition) is 5. The van der Waals surface area contributed by atoms with Gasteiger partial charge >= 0.3 is 0 Å². The number of H-pyrrole nitrogens is 1. The Bertz CT molecular complexity index is 1380. The van der Waals surface area contributed by atoms with Crippen molar-refractivity contribution in [3.63, 3.8) is 0 Å². The Morgan fingerprint density at radius 3 is 2.71 bits per heavy atom. The van der Waals surface area contributed by atoms with Gasteiger partial charge in [-0.15, -0.1) is 11.3 Å². The van der Waals surface area contributed by atoms with Crippen molar-refractivity contribution in [3.8, 4) is 0 Å². The van der Waals surface area contributed by atoms with E-state index in [0.717, 1.165) is 40.8 Å². The number of piperazine rings is 1. The highest BCUT2D eigenvalue weighted by molar-refractivity contribution is 7.12. The largest absolute Gasteiger partial charge is 0.336 e. The van der Waals surface area contributed by atoms with Crippen LogP contribution in [0.3, 0.4) is 0 Å². The van der Waals surface area contributed by atoms with Gasteiger partial charge in [0, 0.05) is 42.8 Å². The maximum atomic E-state index is 13.1. The summed E-state index contributed by atoms with van der Waals surface area (Å²) in [6.45, 7) is 4.82. The molecule has 1 aliphatic heterocycles. The standard InChI is InChI=1S/C26H25N5O2S/c1-17-10-15-34-24(17)25(32)28-23-16-19(26(33)31-13-11-27-12-14-31)7-6-18(23)8-9-22-20-4-2-3-5-21(20)29-30-22/h2-10,15-16,27H,11-14H2,1H3,(H,28,32)(H,29,30). The molecule has 1 aliphatic rings. The Kier molecular flexibility index (Phi) is 6.24. The van der Waals surface area contributed by atoms with Gasteiger partial charge in [-0.2, -0.15) is 5.10 Å². The Morgan fingerprint density at radius 1 is 1.09 bits per heavy atom. The molecule has 3 heterocycles. The van der Waals surface area contributed by atoms with Crippen LogP contribution in [0.4, 0.5) is 5.69 Å². The van der Waals surface area contributed by atoms with Gasteiger partial charge in [0.25, 0.3) is 11.8 Å².